The standard InChI is InChI=1S/C15H18ClF3N4O3/c16-12-10(5-20-22-13(12)24)23-6-9(17)11(7-23)26-14(25)21-8-2-1-3-15(18,19)4-8/h5,8-9,11H,1-4,6-7H2,(H,21,25)(H,22,24)/t8?,9-,11-/m0/s1. The van der Waals surface area contributed by atoms with Gasteiger partial charge in [0.05, 0.1) is 25.0 Å². The quantitative estimate of drug-likeness (QED) is 0.821. The second kappa shape index (κ2) is 7.34. The molecular formula is C15H18ClF3N4O3. The predicted octanol–water partition coefficient (Wildman–Crippen LogP) is 2.25. The van der Waals surface area contributed by atoms with Gasteiger partial charge in [0.2, 0.25) is 5.92 Å². The second-order valence-electron chi connectivity index (χ2n) is 6.56. The molecule has 0 bridgehead atoms. The van der Waals surface area contributed by atoms with E-state index < -0.39 is 42.3 Å². The molecular weight excluding hydrogens is 377 g/mol. The lowest BCUT2D eigenvalue weighted by atomic mass is 9.92. The molecule has 1 saturated carbocycles. The second-order valence-corrected chi connectivity index (χ2v) is 6.93. The van der Waals surface area contributed by atoms with Crippen molar-refractivity contribution in [1.29, 1.82) is 0 Å². The number of carbonyl (C=O) groups excluding carboxylic acids is 1. The van der Waals surface area contributed by atoms with Crippen LogP contribution >= 0.6 is 11.6 Å². The van der Waals surface area contributed by atoms with Crippen LogP contribution in [0, 0.1) is 0 Å². The van der Waals surface area contributed by atoms with Gasteiger partial charge in [-0.3, -0.25) is 4.79 Å². The van der Waals surface area contributed by atoms with Crippen molar-refractivity contribution in [2.75, 3.05) is 18.0 Å². The molecule has 3 rings (SSSR count). The normalized spacial score (nSPS) is 28.0. The van der Waals surface area contributed by atoms with E-state index in [0.717, 1.165) is 0 Å². The highest BCUT2D eigenvalue weighted by Crippen LogP contribution is 2.33. The van der Waals surface area contributed by atoms with Crippen molar-refractivity contribution in [1.82, 2.24) is 15.5 Å². The Balaban J connectivity index is 1.57. The van der Waals surface area contributed by atoms with Gasteiger partial charge >= 0.3 is 6.09 Å². The van der Waals surface area contributed by atoms with Gasteiger partial charge in [0.1, 0.15) is 5.02 Å². The summed E-state index contributed by atoms with van der Waals surface area (Å²) in [7, 11) is 0. The maximum atomic E-state index is 14.2. The predicted molar refractivity (Wildman–Crippen MR) is 87.6 cm³/mol. The molecule has 11 heteroatoms. The molecule has 1 saturated heterocycles. The molecule has 1 aliphatic heterocycles. The van der Waals surface area contributed by atoms with Gasteiger partial charge in [-0.2, -0.15) is 5.10 Å². The third-order valence-electron chi connectivity index (χ3n) is 4.54. The molecule has 2 heterocycles. The minimum Gasteiger partial charge on any atom is -0.441 e. The summed E-state index contributed by atoms with van der Waals surface area (Å²) < 4.78 is 46.0. The van der Waals surface area contributed by atoms with Crippen LogP contribution in [0.2, 0.25) is 5.02 Å². The molecule has 0 aromatic carbocycles. The molecule has 1 unspecified atom stereocenters. The number of hydrogen-bond acceptors (Lipinski definition) is 5. The van der Waals surface area contributed by atoms with Crippen molar-refractivity contribution >= 4 is 23.4 Å². The molecule has 2 aliphatic rings. The number of hydrogen-bond donors (Lipinski definition) is 2. The van der Waals surface area contributed by atoms with E-state index in [1.165, 1.54) is 11.1 Å². The lowest BCUT2D eigenvalue weighted by molar-refractivity contribution is -0.0442. The van der Waals surface area contributed by atoms with Gasteiger partial charge < -0.3 is 15.0 Å². The molecule has 1 aliphatic carbocycles. The zero-order valence-corrected chi connectivity index (χ0v) is 14.4. The molecule has 2 fully saturated rings. The minimum atomic E-state index is -2.81. The summed E-state index contributed by atoms with van der Waals surface area (Å²) in [6.07, 6.45) is -2.19. The average Bonchev–Trinajstić information content (AvgIpc) is 2.89. The molecule has 26 heavy (non-hydrogen) atoms. The molecule has 1 amide bonds. The Hall–Kier alpha value is -1.97. The van der Waals surface area contributed by atoms with E-state index >= 15 is 0 Å². The number of H-pyrrole nitrogens is 1. The Kier molecular flexibility index (Phi) is 5.31. The van der Waals surface area contributed by atoms with E-state index in [0.29, 0.717) is 12.8 Å². The van der Waals surface area contributed by atoms with Crippen LogP contribution in [0.4, 0.5) is 23.7 Å². The van der Waals surface area contributed by atoms with Crippen LogP contribution in [0.3, 0.4) is 0 Å². The lowest BCUT2D eigenvalue weighted by Crippen LogP contribution is -2.44. The SMILES string of the molecule is O=C(NC1CCCC(F)(F)C1)O[C@H]1CN(c2cn[nH]c(=O)c2Cl)C[C@@H]1F. The van der Waals surface area contributed by atoms with Gasteiger partial charge in [-0.1, -0.05) is 11.6 Å². The van der Waals surface area contributed by atoms with Crippen molar-refractivity contribution < 1.29 is 22.7 Å². The summed E-state index contributed by atoms with van der Waals surface area (Å²) in [6.45, 7) is -0.162. The van der Waals surface area contributed by atoms with Gasteiger partial charge in [0.15, 0.2) is 12.3 Å². The van der Waals surface area contributed by atoms with E-state index in [-0.39, 0.29) is 30.2 Å². The van der Waals surface area contributed by atoms with Crippen LogP contribution < -0.4 is 15.8 Å². The summed E-state index contributed by atoms with van der Waals surface area (Å²) in [5, 5.41) is 8.01. The highest BCUT2D eigenvalue weighted by Gasteiger charge is 2.39. The number of alkyl carbamates (subject to hydrolysis) is 1. The fourth-order valence-corrected chi connectivity index (χ4v) is 3.48. The molecule has 3 atom stereocenters. The number of aromatic amines is 1. The van der Waals surface area contributed by atoms with Gasteiger partial charge in [0, 0.05) is 18.9 Å². The molecule has 1 aromatic rings. The summed E-state index contributed by atoms with van der Waals surface area (Å²) in [6, 6.07) is -0.701. The van der Waals surface area contributed by atoms with Crippen molar-refractivity contribution in [2.24, 2.45) is 0 Å². The topological polar surface area (TPSA) is 87.3 Å². The zero-order valence-electron chi connectivity index (χ0n) is 13.7. The molecule has 2 N–H and O–H groups in total. The smallest absolute Gasteiger partial charge is 0.407 e. The largest absolute Gasteiger partial charge is 0.441 e. The van der Waals surface area contributed by atoms with E-state index in [1.54, 1.807) is 0 Å². The van der Waals surface area contributed by atoms with Crippen LogP contribution in [0.25, 0.3) is 0 Å². The third-order valence-corrected chi connectivity index (χ3v) is 4.90. The Morgan fingerprint density at radius 1 is 1.46 bits per heavy atom. The fraction of sp³-hybridized carbons (Fsp3) is 0.667. The Bertz CT molecular complexity index is 732. The minimum absolute atomic E-state index is 0.0275. The fourth-order valence-electron chi connectivity index (χ4n) is 3.27. The van der Waals surface area contributed by atoms with E-state index in [2.05, 4.69) is 15.5 Å². The number of nitrogens with zero attached hydrogens (tertiary/aromatic N) is 2. The molecule has 0 radical (unpaired) electrons. The van der Waals surface area contributed by atoms with E-state index in [1.807, 2.05) is 0 Å². The first-order valence-electron chi connectivity index (χ1n) is 8.22. The van der Waals surface area contributed by atoms with Gasteiger partial charge in [0.25, 0.3) is 5.56 Å². The molecule has 0 spiro atoms. The van der Waals surface area contributed by atoms with Crippen LogP contribution in [-0.4, -0.2) is 53.6 Å². The summed E-state index contributed by atoms with van der Waals surface area (Å²) >= 11 is 5.89. The van der Waals surface area contributed by atoms with E-state index in [4.69, 9.17) is 16.3 Å². The van der Waals surface area contributed by atoms with Gasteiger partial charge in [-0.15, -0.1) is 0 Å². The summed E-state index contributed by atoms with van der Waals surface area (Å²) in [5.41, 5.74) is -0.378. The summed E-state index contributed by atoms with van der Waals surface area (Å²) in [4.78, 5) is 24.9. The molecule has 7 nitrogen and oxygen atoms in total. The van der Waals surface area contributed by atoms with Crippen LogP contribution in [-0.2, 0) is 4.74 Å². The number of halogens is 4. The van der Waals surface area contributed by atoms with Crippen molar-refractivity contribution in [2.45, 2.75) is 49.9 Å². The zero-order chi connectivity index (χ0) is 18.9. The maximum absolute atomic E-state index is 14.2. The Labute approximate surface area is 151 Å². The number of anilines is 1. The maximum Gasteiger partial charge on any atom is 0.407 e. The first-order valence-corrected chi connectivity index (χ1v) is 8.60. The highest BCUT2D eigenvalue weighted by molar-refractivity contribution is 6.33. The van der Waals surface area contributed by atoms with Gasteiger partial charge in [-0.05, 0) is 12.8 Å². The lowest BCUT2D eigenvalue weighted by Gasteiger charge is -2.29. The monoisotopic (exact) mass is 394 g/mol. The Morgan fingerprint density at radius 2 is 2.23 bits per heavy atom. The van der Waals surface area contributed by atoms with Crippen LogP contribution in [0.15, 0.2) is 11.0 Å². The number of alkyl halides is 3. The first kappa shape index (κ1) is 18.8. The van der Waals surface area contributed by atoms with Crippen LogP contribution in [0.5, 0.6) is 0 Å². The number of rotatable bonds is 3. The van der Waals surface area contributed by atoms with Crippen molar-refractivity contribution in [3.05, 3.63) is 21.6 Å². The number of aromatic nitrogens is 2. The molecule has 1 aromatic heterocycles. The number of amides is 1. The first-order chi connectivity index (χ1) is 12.2. The average molecular weight is 395 g/mol. The van der Waals surface area contributed by atoms with Crippen LogP contribution in [0.1, 0.15) is 25.7 Å². The van der Waals surface area contributed by atoms with Crippen molar-refractivity contribution in [3.63, 3.8) is 0 Å². The van der Waals surface area contributed by atoms with Gasteiger partial charge in [-0.25, -0.2) is 23.1 Å². The number of carbonyl (C=O) groups is 1. The Morgan fingerprint density at radius 3 is 2.96 bits per heavy atom. The highest BCUT2D eigenvalue weighted by atomic mass is 35.5. The summed E-state index contributed by atoms with van der Waals surface area (Å²) in [5.74, 6) is -2.81. The molecule has 144 valence electrons. The third kappa shape index (κ3) is 4.22. The van der Waals surface area contributed by atoms with E-state index in [9.17, 15) is 22.8 Å². The number of nitrogens with one attached hydrogen (secondary N) is 2. The number of ether oxygens (including phenoxy) is 1. The van der Waals surface area contributed by atoms with Crippen molar-refractivity contribution in [3.8, 4) is 0 Å².